The Balaban J connectivity index is 1.81. The zero-order valence-corrected chi connectivity index (χ0v) is 15.6. The average molecular weight is 393 g/mol. The number of benzene rings is 2. The molecule has 124 valence electrons. The van der Waals surface area contributed by atoms with Crippen LogP contribution in [0.15, 0.2) is 53.1 Å². The maximum atomic E-state index is 8.86. The van der Waals surface area contributed by atoms with Crippen molar-refractivity contribution < 1.29 is 0 Å². The third-order valence-electron chi connectivity index (χ3n) is 4.00. The van der Waals surface area contributed by atoms with Crippen molar-refractivity contribution in [2.75, 3.05) is 5.32 Å². The Morgan fingerprint density at radius 3 is 2.40 bits per heavy atom. The van der Waals surface area contributed by atoms with Gasteiger partial charge in [0.05, 0.1) is 17.3 Å². The van der Waals surface area contributed by atoms with Gasteiger partial charge in [-0.15, -0.1) is 0 Å². The fourth-order valence-corrected chi connectivity index (χ4v) is 3.40. The van der Waals surface area contributed by atoms with Crippen molar-refractivity contribution in [3.8, 4) is 6.07 Å². The summed E-state index contributed by atoms with van der Waals surface area (Å²) < 4.78 is 1.09. The summed E-state index contributed by atoms with van der Waals surface area (Å²) in [5, 5.41) is 12.0. The first-order valence-corrected chi connectivity index (χ1v) is 8.69. The van der Waals surface area contributed by atoms with E-state index in [1.807, 2.05) is 18.2 Å². The van der Waals surface area contributed by atoms with Crippen molar-refractivity contribution in [3.05, 3.63) is 81.1 Å². The lowest BCUT2D eigenvalue weighted by Gasteiger charge is -2.11. The zero-order valence-electron chi connectivity index (χ0n) is 14.0. The van der Waals surface area contributed by atoms with E-state index in [1.54, 1.807) is 18.3 Å². The predicted octanol–water partition coefficient (Wildman–Crippen LogP) is 5.06. The second-order valence-electron chi connectivity index (χ2n) is 5.88. The third-order valence-corrected chi connectivity index (χ3v) is 4.46. The topological polar surface area (TPSA) is 61.6 Å². The molecule has 0 aliphatic carbocycles. The molecule has 2 aromatic carbocycles. The summed E-state index contributed by atoms with van der Waals surface area (Å²) in [5.41, 5.74) is 6.21. The van der Waals surface area contributed by atoms with Crippen LogP contribution in [0.3, 0.4) is 0 Å². The van der Waals surface area contributed by atoms with Crippen LogP contribution >= 0.6 is 15.9 Å². The van der Waals surface area contributed by atoms with E-state index in [9.17, 15) is 0 Å². The Morgan fingerprint density at radius 2 is 1.76 bits per heavy atom. The molecular formula is C20H17BrN4. The normalized spacial score (nSPS) is 10.3. The summed E-state index contributed by atoms with van der Waals surface area (Å²) in [6.45, 7) is 4.23. The molecule has 5 heteroatoms. The van der Waals surface area contributed by atoms with Gasteiger partial charge in [0.25, 0.3) is 0 Å². The zero-order chi connectivity index (χ0) is 17.8. The SMILES string of the molecule is Cc1cc(Br)cc(C)c1Cc1ccnc(Nc2ccc(C#N)cc2)n1. The van der Waals surface area contributed by atoms with Gasteiger partial charge in [-0.3, -0.25) is 0 Å². The number of halogens is 1. The highest BCUT2D eigenvalue weighted by Gasteiger charge is 2.08. The van der Waals surface area contributed by atoms with Crippen molar-refractivity contribution in [1.29, 1.82) is 5.26 Å². The summed E-state index contributed by atoms with van der Waals surface area (Å²) in [4.78, 5) is 8.89. The number of rotatable bonds is 4. The van der Waals surface area contributed by atoms with Gasteiger partial charge in [-0.2, -0.15) is 5.26 Å². The van der Waals surface area contributed by atoms with Crippen LogP contribution in [0.2, 0.25) is 0 Å². The summed E-state index contributed by atoms with van der Waals surface area (Å²) in [6, 6.07) is 15.5. The Hall–Kier alpha value is -2.71. The van der Waals surface area contributed by atoms with E-state index in [0.717, 1.165) is 22.3 Å². The lowest BCUT2D eigenvalue weighted by molar-refractivity contribution is 1.01. The van der Waals surface area contributed by atoms with E-state index >= 15 is 0 Å². The first-order chi connectivity index (χ1) is 12.0. The molecular weight excluding hydrogens is 376 g/mol. The summed E-state index contributed by atoms with van der Waals surface area (Å²) in [5.74, 6) is 0.551. The van der Waals surface area contributed by atoms with Crippen molar-refractivity contribution in [2.24, 2.45) is 0 Å². The standard InChI is InChI=1S/C20H17BrN4/c1-13-9-16(21)10-14(2)19(13)11-18-7-8-23-20(25-18)24-17-5-3-15(12-22)4-6-17/h3-10H,11H2,1-2H3,(H,23,24,25). The maximum Gasteiger partial charge on any atom is 0.227 e. The lowest BCUT2D eigenvalue weighted by atomic mass is 9.98. The quantitative estimate of drug-likeness (QED) is 0.673. The highest BCUT2D eigenvalue weighted by molar-refractivity contribution is 9.10. The highest BCUT2D eigenvalue weighted by atomic mass is 79.9. The van der Waals surface area contributed by atoms with E-state index in [0.29, 0.717) is 11.5 Å². The second-order valence-corrected chi connectivity index (χ2v) is 6.80. The number of hydrogen-bond acceptors (Lipinski definition) is 4. The van der Waals surface area contributed by atoms with E-state index < -0.39 is 0 Å². The molecule has 4 nitrogen and oxygen atoms in total. The minimum absolute atomic E-state index is 0.551. The van der Waals surface area contributed by atoms with Gasteiger partial charge < -0.3 is 5.32 Å². The largest absolute Gasteiger partial charge is 0.324 e. The van der Waals surface area contributed by atoms with Crippen LogP contribution in [0.25, 0.3) is 0 Å². The number of nitrogens with one attached hydrogen (secondary N) is 1. The van der Waals surface area contributed by atoms with Crippen LogP contribution in [0.5, 0.6) is 0 Å². The molecule has 0 radical (unpaired) electrons. The van der Waals surface area contributed by atoms with Gasteiger partial charge in [0.2, 0.25) is 5.95 Å². The number of aromatic nitrogens is 2. The molecule has 0 saturated heterocycles. The first kappa shape index (κ1) is 17.1. The van der Waals surface area contributed by atoms with Crippen LogP contribution in [-0.4, -0.2) is 9.97 Å². The van der Waals surface area contributed by atoms with E-state index in [4.69, 9.17) is 5.26 Å². The van der Waals surface area contributed by atoms with E-state index in [1.165, 1.54) is 16.7 Å². The van der Waals surface area contributed by atoms with Crippen LogP contribution in [0, 0.1) is 25.2 Å². The Bertz CT molecular complexity index is 920. The molecule has 1 aromatic heterocycles. The van der Waals surface area contributed by atoms with Crippen LogP contribution in [0.1, 0.15) is 27.9 Å². The smallest absolute Gasteiger partial charge is 0.227 e. The lowest BCUT2D eigenvalue weighted by Crippen LogP contribution is -2.02. The minimum Gasteiger partial charge on any atom is -0.324 e. The molecule has 3 rings (SSSR count). The number of hydrogen-bond donors (Lipinski definition) is 1. The molecule has 0 saturated carbocycles. The van der Waals surface area contributed by atoms with Crippen molar-refractivity contribution in [2.45, 2.75) is 20.3 Å². The van der Waals surface area contributed by atoms with E-state index in [-0.39, 0.29) is 0 Å². The van der Waals surface area contributed by atoms with Gasteiger partial charge in [-0.05, 0) is 73.0 Å². The fourth-order valence-electron chi connectivity index (χ4n) is 2.71. The predicted molar refractivity (Wildman–Crippen MR) is 103 cm³/mol. The van der Waals surface area contributed by atoms with Gasteiger partial charge in [-0.25, -0.2) is 9.97 Å². The molecule has 0 aliphatic rings. The molecule has 0 aliphatic heterocycles. The molecule has 0 fully saturated rings. The van der Waals surface area contributed by atoms with Crippen LogP contribution in [-0.2, 0) is 6.42 Å². The fraction of sp³-hybridized carbons (Fsp3) is 0.150. The third kappa shape index (κ3) is 4.23. The monoisotopic (exact) mass is 392 g/mol. The summed E-state index contributed by atoms with van der Waals surface area (Å²) in [6.07, 6.45) is 2.52. The van der Waals surface area contributed by atoms with Crippen molar-refractivity contribution in [1.82, 2.24) is 9.97 Å². The molecule has 0 atom stereocenters. The maximum absolute atomic E-state index is 8.86. The Kier molecular flexibility index (Phi) is 5.11. The molecule has 0 spiro atoms. The molecule has 3 aromatic rings. The number of anilines is 2. The number of aryl methyl sites for hydroxylation is 2. The molecule has 0 unspecified atom stereocenters. The average Bonchev–Trinajstić information content (AvgIpc) is 2.59. The minimum atomic E-state index is 0.551. The molecule has 1 N–H and O–H groups in total. The van der Waals surface area contributed by atoms with Gasteiger partial charge in [0.1, 0.15) is 0 Å². The molecule has 25 heavy (non-hydrogen) atoms. The van der Waals surface area contributed by atoms with Gasteiger partial charge >= 0.3 is 0 Å². The summed E-state index contributed by atoms with van der Waals surface area (Å²) >= 11 is 3.54. The Labute approximate surface area is 155 Å². The molecule has 1 heterocycles. The summed E-state index contributed by atoms with van der Waals surface area (Å²) in [7, 11) is 0. The molecule has 0 bridgehead atoms. The van der Waals surface area contributed by atoms with Crippen LogP contribution in [0.4, 0.5) is 11.6 Å². The highest BCUT2D eigenvalue weighted by Crippen LogP contribution is 2.23. The van der Waals surface area contributed by atoms with E-state index in [2.05, 4.69) is 63.3 Å². The van der Waals surface area contributed by atoms with Crippen molar-refractivity contribution in [3.63, 3.8) is 0 Å². The number of nitriles is 1. The van der Waals surface area contributed by atoms with Gasteiger partial charge in [-0.1, -0.05) is 15.9 Å². The Morgan fingerprint density at radius 1 is 1.08 bits per heavy atom. The van der Waals surface area contributed by atoms with Crippen LogP contribution < -0.4 is 5.32 Å². The molecule has 0 amide bonds. The van der Waals surface area contributed by atoms with Crippen molar-refractivity contribution >= 4 is 27.6 Å². The number of nitrogens with zero attached hydrogens (tertiary/aromatic N) is 3. The van der Waals surface area contributed by atoms with Gasteiger partial charge in [0.15, 0.2) is 0 Å². The first-order valence-electron chi connectivity index (χ1n) is 7.90. The second kappa shape index (κ2) is 7.45. The van der Waals surface area contributed by atoms with Gasteiger partial charge in [0, 0.05) is 22.8 Å².